The number of phenolic OH excluding ortho intramolecular Hbond substituents is 3. The van der Waals surface area contributed by atoms with E-state index in [9.17, 15) is 30.1 Å². The number of phenols is 3. The third kappa shape index (κ3) is 2.22. The number of benzene rings is 2. The standard InChI is InChI=1S/C15H9NO7/c17-6-1-2-8(10(19)4-6)12-14(20)13-9(16-22)3-7(18)5-11(13)23-15(12)21/h1-5,17-19,21H. The van der Waals surface area contributed by atoms with Gasteiger partial charge in [-0.05, 0) is 17.3 Å². The first-order chi connectivity index (χ1) is 10.9. The summed E-state index contributed by atoms with van der Waals surface area (Å²) >= 11 is 0. The second-order valence-electron chi connectivity index (χ2n) is 4.74. The Morgan fingerprint density at radius 2 is 1.70 bits per heavy atom. The van der Waals surface area contributed by atoms with Gasteiger partial charge in [-0.1, -0.05) is 0 Å². The van der Waals surface area contributed by atoms with Gasteiger partial charge in [-0.25, -0.2) is 0 Å². The average molecular weight is 315 g/mol. The molecule has 23 heavy (non-hydrogen) atoms. The van der Waals surface area contributed by atoms with Gasteiger partial charge in [0, 0.05) is 23.8 Å². The van der Waals surface area contributed by atoms with Gasteiger partial charge in [-0.3, -0.25) is 4.79 Å². The van der Waals surface area contributed by atoms with Crippen LogP contribution in [0.15, 0.2) is 44.7 Å². The Morgan fingerprint density at radius 3 is 2.35 bits per heavy atom. The minimum atomic E-state index is -0.820. The maximum atomic E-state index is 12.6. The van der Waals surface area contributed by atoms with Crippen LogP contribution in [0.1, 0.15) is 0 Å². The van der Waals surface area contributed by atoms with Crippen LogP contribution in [0.5, 0.6) is 23.2 Å². The van der Waals surface area contributed by atoms with E-state index in [-0.39, 0.29) is 33.7 Å². The molecule has 3 rings (SSSR count). The van der Waals surface area contributed by atoms with Crippen molar-refractivity contribution in [3.05, 3.63) is 45.5 Å². The van der Waals surface area contributed by atoms with Gasteiger partial charge in [0.2, 0.25) is 5.43 Å². The van der Waals surface area contributed by atoms with Crippen molar-refractivity contribution < 1.29 is 24.8 Å². The van der Waals surface area contributed by atoms with Gasteiger partial charge in [0.25, 0.3) is 5.95 Å². The number of nitrogens with zero attached hydrogens (tertiary/aromatic N) is 1. The number of rotatable bonds is 2. The van der Waals surface area contributed by atoms with Crippen LogP contribution in [-0.4, -0.2) is 20.4 Å². The van der Waals surface area contributed by atoms with Gasteiger partial charge in [0.1, 0.15) is 34.1 Å². The topological polar surface area (TPSA) is 141 Å². The zero-order valence-corrected chi connectivity index (χ0v) is 11.3. The van der Waals surface area contributed by atoms with Gasteiger partial charge in [0.05, 0.1) is 5.39 Å². The molecular weight excluding hydrogens is 306 g/mol. The molecule has 0 saturated carbocycles. The molecule has 116 valence electrons. The van der Waals surface area contributed by atoms with Crippen molar-refractivity contribution >= 4 is 16.7 Å². The first kappa shape index (κ1) is 14.4. The van der Waals surface area contributed by atoms with E-state index in [0.29, 0.717) is 0 Å². The molecular formula is C15H9NO7. The normalized spacial score (nSPS) is 10.8. The van der Waals surface area contributed by atoms with Gasteiger partial charge in [-0.15, -0.1) is 4.91 Å². The van der Waals surface area contributed by atoms with Crippen molar-refractivity contribution in [3.8, 4) is 34.3 Å². The molecule has 0 fully saturated rings. The maximum absolute atomic E-state index is 12.6. The van der Waals surface area contributed by atoms with E-state index < -0.39 is 22.7 Å². The lowest BCUT2D eigenvalue weighted by Crippen LogP contribution is -2.06. The van der Waals surface area contributed by atoms with Crippen LogP contribution in [0.2, 0.25) is 0 Å². The van der Waals surface area contributed by atoms with Gasteiger partial charge < -0.3 is 24.8 Å². The van der Waals surface area contributed by atoms with Crippen LogP contribution in [0.4, 0.5) is 5.69 Å². The van der Waals surface area contributed by atoms with Crippen molar-refractivity contribution in [1.82, 2.24) is 0 Å². The Morgan fingerprint density at radius 1 is 0.957 bits per heavy atom. The highest BCUT2D eigenvalue weighted by Crippen LogP contribution is 2.39. The Bertz CT molecular complexity index is 1010. The largest absolute Gasteiger partial charge is 0.508 e. The van der Waals surface area contributed by atoms with Gasteiger partial charge in [0.15, 0.2) is 0 Å². The monoisotopic (exact) mass is 315 g/mol. The van der Waals surface area contributed by atoms with Crippen LogP contribution in [0, 0.1) is 4.91 Å². The van der Waals surface area contributed by atoms with E-state index in [2.05, 4.69) is 5.18 Å². The smallest absolute Gasteiger partial charge is 0.294 e. The highest BCUT2D eigenvalue weighted by molar-refractivity contribution is 5.94. The molecule has 1 aromatic heterocycles. The second kappa shape index (κ2) is 5.02. The molecule has 0 aliphatic rings. The van der Waals surface area contributed by atoms with Crippen molar-refractivity contribution in [3.63, 3.8) is 0 Å². The molecule has 0 aliphatic heterocycles. The lowest BCUT2D eigenvalue weighted by Gasteiger charge is -2.08. The number of hydrogen-bond acceptors (Lipinski definition) is 8. The molecule has 4 N–H and O–H groups in total. The molecule has 1 heterocycles. The van der Waals surface area contributed by atoms with E-state index >= 15 is 0 Å². The summed E-state index contributed by atoms with van der Waals surface area (Å²) in [5.41, 5.74) is -1.91. The Labute approximate surface area is 127 Å². The Hall–Kier alpha value is -3.55. The summed E-state index contributed by atoms with van der Waals surface area (Å²) in [5.74, 6) is -1.89. The molecule has 0 atom stereocenters. The SMILES string of the molecule is O=Nc1cc(O)cc2oc(O)c(-c3ccc(O)cc3O)c(=O)c12. The quantitative estimate of drug-likeness (QED) is 0.533. The summed E-state index contributed by atoms with van der Waals surface area (Å²) in [6.07, 6.45) is 0. The highest BCUT2D eigenvalue weighted by Gasteiger charge is 2.21. The minimum Gasteiger partial charge on any atom is -0.508 e. The number of aromatic hydroxyl groups is 4. The fourth-order valence-corrected chi connectivity index (χ4v) is 2.31. The fourth-order valence-electron chi connectivity index (χ4n) is 2.31. The summed E-state index contributed by atoms with van der Waals surface area (Å²) in [7, 11) is 0. The minimum absolute atomic E-state index is 0.0964. The van der Waals surface area contributed by atoms with E-state index in [1.165, 1.54) is 12.1 Å². The lowest BCUT2D eigenvalue weighted by atomic mass is 10.0. The highest BCUT2D eigenvalue weighted by atomic mass is 16.5. The zero-order chi connectivity index (χ0) is 16.7. The molecule has 0 spiro atoms. The van der Waals surface area contributed by atoms with Crippen LogP contribution in [-0.2, 0) is 0 Å². The van der Waals surface area contributed by atoms with E-state index in [0.717, 1.165) is 18.2 Å². The molecule has 8 heteroatoms. The van der Waals surface area contributed by atoms with E-state index in [1.54, 1.807) is 0 Å². The van der Waals surface area contributed by atoms with Crippen LogP contribution in [0.25, 0.3) is 22.1 Å². The number of hydrogen-bond donors (Lipinski definition) is 4. The predicted molar refractivity (Wildman–Crippen MR) is 80.0 cm³/mol. The maximum Gasteiger partial charge on any atom is 0.294 e. The first-order valence-corrected chi connectivity index (χ1v) is 6.31. The summed E-state index contributed by atoms with van der Waals surface area (Å²) in [4.78, 5) is 23.5. The average Bonchev–Trinajstić information content (AvgIpc) is 2.47. The number of fused-ring (bicyclic) bond motifs is 1. The summed E-state index contributed by atoms with van der Waals surface area (Å²) in [5, 5.41) is 41.0. The van der Waals surface area contributed by atoms with E-state index in [1.807, 2.05) is 0 Å². The Kier molecular flexibility index (Phi) is 3.14. The molecule has 0 saturated heterocycles. The van der Waals surface area contributed by atoms with Gasteiger partial charge >= 0.3 is 0 Å². The molecule has 3 aromatic rings. The van der Waals surface area contributed by atoms with Crippen molar-refractivity contribution in [2.24, 2.45) is 5.18 Å². The van der Waals surface area contributed by atoms with Crippen LogP contribution in [0.3, 0.4) is 0 Å². The molecule has 2 aromatic carbocycles. The molecule has 0 aliphatic carbocycles. The fraction of sp³-hybridized carbons (Fsp3) is 0. The van der Waals surface area contributed by atoms with E-state index in [4.69, 9.17) is 4.42 Å². The third-order valence-electron chi connectivity index (χ3n) is 3.29. The first-order valence-electron chi connectivity index (χ1n) is 6.31. The van der Waals surface area contributed by atoms with Crippen molar-refractivity contribution in [2.45, 2.75) is 0 Å². The lowest BCUT2D eigenvalue weighted by molar-refractivity contribution is 0.341. The van der Waals surface area contributed by atoms with Crippen LogP contribution >= 0.6 is 0 Å². The van der Waals surface area contributed by atoms with Crippen molar-refractivity contribution in [1.29, 1.82) is 0 Å². The zero-order valence-electron chi connectivity index (χ0n) is 11.3. The molecule has 0 unspecified atom stereocenters. The third-order valence-corrected chi connectivity index (χ3v) is 3.29. The predicted octanol–water partition coefficient (Wildman–Crippen LogP) is 2.68. The summed E-state index contributed by atoms with van der Waals surface area (Å²) < 4.78 is 5.06. The van der Waals surface area contributed by atoms with Crippen LogP contribution < -0.4 is 5.43 Å². The molecule has 8 nitrogen and oxygen atoms in total. The van der Waals surface area contributed by atoms with Crippen molar-refractivity contribution in [2.75, 3.05) is 0 Å². The molecule has 0 bridgehead atoms. The number of nitroso groups, excluding NO2 is 1. The molecule has 0 amide bonds. The summed E-state index contributed by atoms with van der Waals surface area (Å²) in [6, 6.07) is 5.41. The second-order valence-corrected chi connectivity index (χ2v) is 4.74. The molecule has 0 radical (unpaired) electrons. The van der Waals surface area contributed by atoms with Gasteiger partial charge in [-0.2, -0.15) is 0 Å². The Balaban J connectivity index is 2.45. The summed E-state index contributed by atoms with van der Waals surface area (Å²) in [6.45, 7) is 0.